The van der Waals surface area contributed by atoms with E-state index in [1.54, 1.807) is 77.3 Å². The molecular weight excluding hydrogens is 1770 g/mol. The number of aromatic nitrogens is 2. The van der Waals surface area contributed by atoms with Gasteiger partial charge in [-0.25, -0.2) is 17.6 Å². The zero-order valence-corrected chi connectivity index (χ0v) is 75.6. The summed E-state index contributed by atoms with van der Waals surface area (Å²) in [6.07, 6.45) is 4.30. The average molecular weight is 1890 g/mol. The van der Waals surface area contributed by atoms with Crippen molar-refractivity contribution < 1.29 is 123 Å². The average Bonchev–Trinajstić information content (AvgIpc) is 1.72. The number of amides is 10. The molecule has 0 radical (unpaired) electrons. The lowest BCUT2D eigenvalue weighted by Gasteiger charge is -2.33. The zero-order chi connectivity index (χ0) is 96.4. The number of nitrogens with zero attached hydrogens (tertiary/aromatic N) is 14. The quantitative estimate of drug-likeness (QED) is 0.0166. The molecule has 0 aliphatic carbocycles. The van der Waals surface area contributed by atoms with Gasteiger partial charge in [0.2, 0.25) is 47.3 Å². The number of carboxylic acids is 1. The van der Waals surface area contributed by atoms with E-state index in [2.05, 4.69) is 41.9 Å². The fraction of sp³-hybridized carbons (Fsp3) is 0.625. The maximum Gasteiger partial charge on any atom is 0.317 e. The summed E-state index contributed by atoms with van der Waals surface area (Å²) in [6.45, 7) is 4.79. The molecule has 7 heterocycles. The summed E-state index contributed by atoms with van der Waals surface area (Å²) in [5.41, 5.74) is 1.24. The molecule has 2 aromatic carbocycles. The van der Waals surface area contributed by atoms with Gasteiger partial charge in [0.25, 0.3) is 36.6 Å². The van der Waals surface area contributed by atoms with E-state index in [1.165, 1.54) is 24.5 Å². The highest BCUT2D eigenvalue weighted by molar-refractivity contribution is 6.08. The molecule has 5 fully saturated rings. The number of alkyl halides is 4. The number of fused-ring (bicyclic) bond motifs is 2. The summed E-state index contributed by atoms with van der Waals surface area (Å²) in [4.78, 5) is 192. The highest BCUT2D eigenvalue weighted by Crippen LogP contribution is 2.34. The van der Waals surface area contributed by atoms with E-state index in [4.69, 9.17) is 37.9 Å². The molecule has 0 bridgehead atoms. The van der Waals surface area contributed by atoms with Gasteiger partial charge in [0, 0.05) is 159 Å². The van der Waals surface area contributed by atoms with Gasteiger partial charge < -0.3 is 94.5 Å². The van der Waals surface area contributed by atoms with Crippen LogP contribution in [0.2, 0.25) is 0 Å². The lowest BCUT2D eigenvalue weighted by Crippen LogP contribution is -2.49. The van der Waals surface area contributed by atoms with Crippen LogP contribution >= 0.6 is 0 Å². The topological polar surface area (TPSA) is 494 Å². The van der Waals surface area contributed by atoms with Gasteiger partial charge >= 0.3 is 5.97 Å². The van der Waals surface area contributed by atoms with Crippen molar-refractivity contribution in [2.75, 3.05) is 244 Å². The normalized spacial score (nSPS) is 18.6. The van der Waals surface area contributed by atoms with Crippen molar-refractivity contribution in [3.63, 3.8) is 0 Å². The number of aliphatic carboxylic acids is 1. The number of carboxylic acid groups (broad SMARTS) is 1. The Balaban J connectivity index is 0.670. The number of likely N-dealkylation sites (N-methyl/N-ethyl adjacent to an activating group) is 2. The lowest BCUT2D eigenvalue weighted by atomic mass is 10.1. The summed E-state index contributed by atoms with van der Waals surface area (Å²) in [5.74, 6) is -11.4. The van der Waals surface area contributed by atoms with Crippen LogP contribution in [0.5, 0.6) is 11.5 Å². The number of rotatable bonds is 54. The summed E-state index contributed by atoms with van der Waals surface area (Å²) >= 11 is 0. The minimum absolute atomic E-state index is 0.00772. The van der Waals surface area contributed by atoms with Crippen LogP contribution in [-0.2, 0) is 81.2 Å². The summed E-state index contributed by atoms with van der Waals surface area (Å²) < 4.78 is 101. The molecule has 5 aliphatic rings. The Bertz CT molecular complexity index is 4680. The molecule has 5 aliphatic heterocycles. The van der Waals surface area contributed by atoms with Gasteiger partial charge in [-0.15, -0.1) is 0 Å². The Kier molecular flexibility index (Phi) is 43.6. The van der Waals surface area contributed by atoms with E-state index < -0.39 is 110 Å². The predicted octanol–water partition coefficient (Wildman–Crippen LogP) is -0.517. The maximum absolute atomic E-state index is 14.5. The smallest absolute Gasteiger partial charge is 0.317 e. The predicted molar refractivity (Wildman–Crippen MR) is 470 cm³/mol. The van der Waals surface area contributed by atoms with Gasteiger partial charge in [0.1, 0.15) is 43.1 Å². The molecule has 0 unspecified atom stereocenters. The maximum atomic E-state index is 14.5. The molecule has 42 nitrogen and oxygen atoms in total. The Labute approximate surface area is 773 Å². The number of likely N-dealkylation sites (tertiary alicyclic amines) is 4. The second kappa shape index (κ2) is 55.2. The molecule has 7 N–H and O–H groups in total. The Morgan fingerprint density at radius 3 is 1.40 bits per heavy atom. The fourth-order valence-electron chi connectivity index (χ4n) is 15.9. The van der Waals surface area contributed by atoms with Gasteiger partial charge in [-0.2, -0.15) is 10.5 Å². The highest BCUT2D eigenvalue weighted by Gasteiger charge is 2.49. The number of carbonyl (C=O) groups excluding carboxylic acids is 12. The number of pyridine rings is 2. The lowest BCUT2D eigenvalue weighted by molar-refractivity contribution is -0.139. The molecule has 10 amide bonds. The third-order valence-corrected chi connectivity index (χ3v) is 23.3. The van der Waals surface area contributed by atoms with E-state index in [-0.39, 0.29) is 185 Å². The number of benzene rings is 2. The summed E-state index contributed by atoms with van der Waals surface area (Å²) in [7, 11) is 3.58. The molecule has 5 atom stereocenters. The van der Waals surface area contributed by atoms with Crippen LogP contribution in [0.4, 0.5) is 17.6 Å². The largest absolute Gasteiger partial charge is 0.494 e. The fourth-order valence-corrected chi connectivity index (χ4v) is 15.9. The SMILES string of the molecule is CN(CC(=O)NCCCCOc1ccc2nccc(C(=O)NCC(=O)N3CC(F)(F)C[C@@H]3C#N)c2c1)[C@@H]1CCN(C(=O)CC[C@H](NC(=O)CCOCCOCCOCCOCCNC(=O)CN2CCN(COC=O)CCN(COC=O)CCN(CC(=O)O)CC2)C(=O)N2CC[C@@H](N(C)CC(=O)NCCCCOc3ccc4nccc(C(=O)NCC(=O)N5CC(F)(F)C[C@H]5C#N)c4c3)C2)C1. The van der Waals surface area contributed by atoms with E-state index in [1.807, 2.05) is 24.5 Å². The van der Waals surface area contributed by atoms with Crippen molar-refractivity contribution in [1.82, 2.24) is 90.9 Å². The Morgan fingerprint density at radius 1 is 0.507 bits per heavy atom. The van der Waals surface area contributed by atoms with Crippen molar-refractivity contribution in [1.29, 1.82) is 10.5 Å². The number of hydrogen-bond acceptors (Lipinski definition) is 31. The van der Waals surface area contributed by atoms with Crippen molar-refractivity contribution >= 4 is 99.8 Å². The van der Waals surface area contributed by atoms with E-state index in [0.717, 1.165) is 9.80 Å². The highest BCUT2D eigenvalue weighted by atomic mass is 19.3. The van der Waals surface area contributed by atoms with E-state index in [9.17, 15) is 95.5 Å². The van der Waals surface area contributed by atoms with Crippen LogP contribution in [-0.4, -0.2) is 428 Å². The molecule has 5 saturated heterocycles. The van der Waals surface area contributed by atoms with Crippen molar-refractivity contribution in [2.45, 2.75) is 113 Å². The van der Waals surface area contributed by atoms with Crippen molar-refractivity contribution in [3.8, 4) is 23.6 Å². The number of carbonyl (C=O) groups is 13. The number of unbranched alkanes of at least 4 members (excludes halogenated alkanes) is 2. The summed E-state index contributed by atoms with van der Waals surface area (Å²) in [5, 5.41) is 45.5. The Morgan fingerprint density at radius 2 is 0.940 bits per heavy atom. The zero-order valence-electron chi connectivity index (χ0n) is 75.6. The van der Waals surface area contributed by atoms with E-state index in [0.29, 0.717) is 170 Å². The molecule has 0 saturated carbocycles. The number of ether oxygens (including phenoxy) is 8. The van der Waals surface area contributed by atoms with Crippen LogP contribution in [0, 0.1) is 22.7 Å². The number of nitriles is 2. The second-order valence-corrected chi connectivity index (χ2v) is 33.2. The number of nitrogens with one attached hydrogen (secondary N) is 6. The van der Waals surface area contributed by atoms with Gasteiger partial charge in [-0.1, -0.05) is 0 Å². The van der Waals surface area contributed by atoms with Gasteiger partial charge in [-0.05, 0) is 108 Å². The Hall–Kier alpha value is -11.7. The van der Waals surface area contributed by atoms with Crippen molar-refractivity contribution in [3.05, 3.63) is 72.1 Å². The van der Waals surface area contributed by atoms with Gasteiger partial charge in [0.05, 0.1) is 153 Å². The third-order valence-electron chi connectivity index (χ3n) is 23.3. The molecule has 2 aromatic heterocycles. The summed E-state index contributed by atoms with van der Waals surface area (Å²) in [6, 6.07) is 12.1. The standard InChI is InChI=1S/C88H122F4N20O22/c1-103(53-77(116)97-18-3-5-33-133-67-7-9-73-71(43-67)69(13-20-95-73)84(124)100-49-81(120)111-57-87(89,90)45-65(111)47-93)63-15-23-109(51-63)80(119)12-11-75(102-76(115)17-35-127-37-39-129-41-42-130-40-38-128-36-22-99-79(118)55-105-25-26-106(56-83(122)123)28-30-108(60-132-62-114)32-31-107(29-27-105)59-131-61-113)86(126)110-24-16-64(52-110)104(2)54-78(117)98-19-4-6-34-134-68-8-10-74-72(44-68)70(14-21-96-74)85(125)101-50-82(121)112-58-88(91,92)46-66(112)48-94/h7-10,13-14,20-21,43-44,61-66,75H,3-6,11-12,15-19,22-42,45-46,49-60H2,1-2H3,(H,97,116)(H,98,117)(H,99,118)(H,100,124)(H,101,125)(H,102,115)(H,122,123)/t63-,64-,65-,66+,75+/m1/s1. The van der Waals surface area contributed by atoms with Gasteiger partial charge in [-0.3, -0.25) is 102 Å². The van der Waals surface area contributed by atoms with Crippen LogP contribution in [0.1, 0.15) is 91.3 Å². The first kappa shape index (κ1) is 106. The number of hydrogen-bond donors (Lipinski definition) is 7. The van der Waals surface area contributed by atoms with Crippen LogP contribution < -0.4 is 41.4 Å². The first-order valence-electron chi connectivity index (χ1n) is 44.8. The van der Waals surface area contributed by atoms with Crippen LogP contribution in [0.3, 0.4) is 0 Å². The molecule has 734 valence electrons. The molecule has 46 heteroatoms. The minimum Gasteiger partial charge on any atom is -0.494 e. The third kappa shape index (κ3) is 35.6. The minimum atomic E-state index is -3.21. The first-order chi connectivity index (χ1) is 64.5. The molecule has 0 spiro atoms. The second-order valence-electron chi connectivity index (χ2n) is 33.2. The number of halogens is 4. The molecule has 4 aromatic rings. The molecule has 134 heavy (non-hydrogen) atoms. The van der Waals surface area contributed by atoms with Crippen LogP contribution in [0.15, 0.2) is 60.9 Å². The van der Waals surface area contributed by atoms with Crippen molar-refractivity contribution in [2.24, 2.45) is 0 Å². The molecule has 9 rings (SSSR count). The van der Waals surface area contributed by atoms with Gasteiger partial charge in [0.15, 0.2) is 0 Å². The van der Waals surface area contributed by atoms with Crippen LogP contribution in [0.25, 0.3) is 21.8 Å². The van der Waals surface area contributed by atoms with E-state index >= 15 is 0 Å². The first-order valence-corrected chi connectivity index (χ1v) is 44.8. The monoisotopic (exact) mass is 1890 g/mol. The molecular formula is C88H122F4N20O22.